The number of anilines is 1. The van der Waals surface area contributed by atoms with Crippen molar-refractivity contribution in [2.75, 3.05) is 25.1 Å². The van der Waals surface area contributed by atoms with Gasteiger partial charge in [-0.25, -0.2) is 4.79 Å². The molecule has 0 bridgehead atoms. The summed E-state index contributed by atoms with van der Waals surface area (Å²) < 4.78 is 12.7. The fraction of sp³-hybridized carbons (Fsp3) is 0.722. The molecule has 1 N–H and O–H groups in total. The van der Waals surface area contributed by atoms with Gasteiger partial charge in [0.05, 0.1) is 17.9 Å². The maximum absolute atomic E-state index is 12.7. The fourth-order valence-corrected chi connectivity index (χ4v) is 3.36. The van der Waals surface area contributed by atoms with Crippen molar-refractivity contribution in [2.24, 2.45) is 0 Å². The minimum absolute atomic E-state index is 0.195. The maximum Gasteiger partial charge on any atom is 0.410 e. The van der Waals surface area contributed by atoms with Gasteiger partial charge in [0.25, 0.3) is 0 Å². The third kappa shape index (κ3) is 4.55. The van der Waals surface area contributed by atoms with Gasteiger partial charge < -0.3 is 14.8 Å². The van der Waals surface area contributed by atoms with Gasteiger partial charge >= 0.3 is 6.09 Å². The number of nitrogens with one attached hydrogen (secondary N) is 1. The largest absolute Gasteiger partial charge is 0.444 e. The second-order valence-corrected chi connectivity index (χ2v) is 7.87. The molecule has 8 nitrogen and oxygen atoms in total. The number of aromatic nitrogens is 2. The Morgan fingerprint density at radius 3 is 2.69 bits per heavy atom. The van der Waals surface area contributed by atoms with Crippen LogP contribution in [0.25, 0.3) is 0 Å². The van der Waals surface area contributed by atoms with Crippen molar-refractivity contribution in [3.63, 3.8) is 0 Å². The summed E-state index contributed by atoms with van der Waals surface area (Å²) in [7, 11) is 0. The molecule has 3 rings (SSSR count). The molecular formula is C18H28N4O4. The van der Waals surface area contributed by atoms with Crippen LogP contribution in [0.5, 0.6) is 0 Å². The number of hydrogen-bond acceptors (Lipinski definition) is 5. The average molecular weight is 364 g/mol. The number of hydrogen-bond donors (Lipinski definition) is 1. The highest BCUT2D eigenvalue weighted by atomic mass is 16.6. The van der Waals surface area contributed by atoms with E-state index in [-0.39, 0.29) is 5.91 Å². The molecule has 1 atom stereocenters. The third-order valence-corrected chi connectivity index (χ3v) is 4.62. The van der Waals surface area contributed by atoms with E-state index >= 15 is 0 Å². The number of amides is 2. The van der Waals surface area contributed by atoms with Crippen molar-refractivity contribution in [1.29, 1.82) is 0 Å². The zero-order chi connectivity index (χ0) is 18.7. The summed E-state index contributed by atoms with van der Waals surface area (Å²) in [6.07, 6.45) is 6.33. The van der Waals surface area contributed by atoms with Gasteiger partial charge in [-0.2, -0.15) is 5.10 Å². The van der Waals surface area contributed by atoms with E-state index in [9.17, 15) is 9.59 Å². The van der Waals surface area contributed by atoms with Crippen LogP contribution in [-0.2, 0) is 14.3 Å². The van der Waals surface area contributed by atoms with E-state index in [0.717, 1.165) is 32.5 Å². The highest BCUT2D eigenvalue weighted by Crippen LogP contribution is 2.24. The summed E-state index contributed by atoms with van der Waals surface area (Å²) in [5.74, 6) is -0.195. The van der Waals surface area contributed by atoms with E-state index in [1.807, 2.05) is 31.6 Å². The van der Waals surface area contributed by atoms with Crippen LogP contribution in [0.2, 0.25) is 0 Å². The van der Waals surface area contributed by atoms with Crippen LogP contribution < -0.4 is 5.32 Å². The van der Waals surface area contributed by atoms with Crippen LogP contribution in [-0.4, -0.2) is 58.1 Å². The van der Waals surface area contributed by atoms with E-state index in [1.165, 1.54) is 4.90 Å². The van der Waals surface area contributed by atoms with Crippen LogP contribution in [0.3, 0.4) is 0 Å². The zero-order valence-electron chi connectivity index (χ0n) is 15.7. The Balaban J connectivity index is 1.60. The molecule has 3 heterocycles. The molecule has 1 aromatic heterocycles. The number of nitrogens with zero attached hydrogens (tertiary/aromatic N) is 3. The Morgan fingerprint density at radius 1 is 1.27 bits per heavy atom. The van der Waals surface area contributed by atoms with Gasteiger partial charge in [-0.15, -0.1) is 0 Å². The lowest BCUT2D eigenvalue weighted by Gasteiger charge is -2.27. The molecule has 1 unspecified atom stereocenters. The van der Waals surface area contributed by atoms with Gasteiger partial charge in [-0.3, -0.25) is 14.4 Å². The topological polar surface area (TPSA) is 85.7 Å². The highest BCUT2D eigenvalue weighted by molar-refractivity contribution is 5.96. The van der Waals surface area contributed by atoms with Crippen molar-refractivity contribution in [3.05, 3.63) is 12.4 Å². The summed E-state index contributed by atoms with van der Waals surface area (Å²) in [4.78, 5) is 26.5. The monoisotopic (exact) mass is 364 g/mol. The van der Waals surface area contributed by atoms with Gasteiger partial charge in [0.15, 0.2) is 0 Å². The summed E-state index contributed by atoms with van der Waals surface area (Å²) in [5, 5.41) is 7.25. The summed E-state index contributed by atoms with van der Waals surface area (Å²) >= 11 is 0. The molecule has 144 valence electrons. The van der Waals surface area contributed by atoms with Crippen molar-refractivity contribution >= 4 is 17.7 Å². The van der Waals surface area contributed by atoms with Crippen molar-refractivity contribution in [2.45, 2.75) is 64.1 Å². The predicted molar refractivity (Wildman–Crippen MR) is 95.9 cm³/mol. The van der Waals surface area contributed by atoms with Crippen LogP contribution in [0.15, 0.2) is 12.4 Å². The Kier molecular flexibility index (Phi) is 5.50. The predicted octanol–water partition coefficient (Wildman–Crippen LogP) is 2.57. The first-order valence-corrected chi connectivity index (χ1v) is 9.26. The smallest absolute Gasteiger partial charge is 0.410 e. The van der Waals surface area contributed by atoms with E-state index in [1.54, 1.807) is 6.20 Å². The quantitative estimate of drug-likeness (QED) is 0.891. The summed E-state index contributed by atoms with van der Waals surface area (Å²) in [6.45, 7) is 7.47. The number of likely N-dealkylation sites (tertiary alicyclic amines) is 1. The molecule has 0 aliphatic carbocycles. The van der Waals surface area contributed by atoms with Gasteiger partial charge in [0.2, 0.25) is 5.91 Å². The van der Waals surface area contributed by atoms with E-state index in [0.29, 0.717) is 24.7 Å². The Bertz CT molecular complexity index is 646. The molecule has 2 saturated heterocycles. The first-order valence-electron chi connectivity index (χ1n) is 9.26. The summed E-state index contributed by atoms with van der Waals surface area (Å²) in [6, 6.07) is -0.199. The molecule has 1 aromatic rings. The number of ether oxygens (including phenoxy) is 2. The van der Waals surface area contributed by atoms with Crippen molar-refractivity contribution in [1.82, 2.24) is 14.7 Å². The molecule has 2 aliphatic heterocycles. The zero-order valence-corrected chi connectivity index (χ0v) is 15.7. The minimum atomic E-state index is -0.578. The van der Waals surface area contributed by atoms with E-state index in [2.05, 4.69) is 10.4 Å². The molecule has 2 aliphatic rings. The summed E-state index contributed by atoms with van der Waals surface area (Å²) in [5.41, 5.74) is 0.0727. The SMILES string of the molecule is CC(C)(C)OC(=O)N1CCCC1C(=O)Nc1cnn(C2CCOCC2)c1. The molecular weight excluding hydrogens is 336 g/mol. The number of carbonyl (C=O) groups excluding carboxylic acids is 2. The molecule has 0 aromatic carbocycles. The lowest BCUT2D eigenvalue weighted by atomic mass is 10.1. The molecule has 2 fully saturated rings. The van der Waals surface area contributed by atoms with Crippen molar-refractivity contribution in [3.8, 4) is 0 Å². The maximum atomic E-state index is 12.7. The van der Waals surface area contributed by atoms with E-state index in [4.69, 9.17) is 9.47 Å². The molecule has 0 saturated carbocycles. The van der Waals surface area contributed by atoms with Crippen molar-refractivity contribution < 1.29 is 19.1 Å². The van der Waals surface area contributed by atoms with Crippen LogP contribution in [0.1, 0.15) is 52.5 Å². The first kappa shape index (κ1) is 18.7. The number of carbonyl (C=O) groups is 2. The Hall–Kier alpha value is -2.09. The molecule has 8 heteroatoms. The van der Waals surface area contributed by atoms with Crippen LogP contribution in [0.4, 0.5) is 10.5 Å². The van der Waals surface area contributed by atoms with E-state index < -0.39 is 17.7 Å². The van der Waals surface area contributed by atoms with Gasteiger partial charge in [0.1, 0.15) is 11.6 Å². The Morgan fingerprint density at radius 2 is 2.00 bits per heavy atom. The standard InChI is InChI=1S/C18H28N4O4/c1-18(2,3)26-17(24)21-8-4-5-15(21)16(23)20-13-11-19-22(12-13)14-6-9-25-10-7-14/h11-12,14-15H,4-10H2,1-3H3,(H,20,23). The van der Waals surface area contributed by atoms with Gasteiger partial charge in [-0.05, 0) is 46.5 Å². The third-order valence-electron chi connectivity index (χ3n) is 4.62. The molecule has 26 heavy (non-hydrogen) atoms. The molecule has 0 radical (unpaired) electrons. The highest BCUT2D eigenvalue weighted by Gasteiger charge is 2.36. The first-order chi connectivity index (χ1) is 12.3. The van der Waals surface area contributed by atoms with Crippen LogP contribution >= 0.6 is 0 Å². The Labute approximate surface area is 153 Å². The van der Waals surface area contributed by atoms with Gasteiger partial charge in [-0.1, -0.05) is 0 Å². The lowest BCUT2D eigenvalue weighted by Crippen LogP contribution is -2.45. The fourth-order valence-electron chi connectivity index (χ4n) is 3.36. The normalized spacial score (nSPS) is 21.7. The second kappa shape index (κ2) is 7.65. The van der Waals surface area contributed by atoms with Crippen LogP contribution in [0, 0.1) is 0 Å². The second-order valence-electron chi connectivity index (χ2n) is 7.87. The molecule has 2 amide bonds. The van der Waals surface area contributed by atoms with Gasteiger partial charge in [0, 0.05) is 26.0 Å². The number of rotatable bonds is 3. The molecule has 0 spiro atoms. The minimum Gasteiger partial charge on any atom is -0.444 e. The lowest BCUT2D eigenvalue weighted by molar-refractivity contribution is -0.120. The average Bonchev–Trinajstić information content (AvgIpc) is 3.23.